The Bertz CT molecular complexity index is 311. The summed E-state index contributed by atoms with van der Waals surface area (Å²) in [5.41, 5.74) is 0. The third kappa shape index (κ3) is 5.80. The lowest BCUT2D eigenvalue weighted by atomic mass is 10.2. The molecule has 0 aromatic rings. The summed E-state index contributed by atoms with van der Waals surface area (Å²) in [6.45, 7) is 14.5. The van der Waals surface area contributed by atoms with E-state index < -0.39 is 0 Å². The number of morpholine rings is 1. The molecule has 0 saturated carbocycles. The fourth-order valence-electron chi connectivity index (χ4n) is 2.91. The van der Waals surface area contributed by atoms with Gasteiger partial charge >= 0.3 is 6.03 Å². The zero-order valence-electron chi connectivity index (χ0n) is 13.5. The summed E-state index contributed by atoms with van der Waals surface area (Å²) in [5.74, 6) is 0.693. The molecule has 0 aromatic heterocycles. The second kappa shape index (κ2) is 8.56. The largest absolute Gasteiger partial charge is 0.379 e. The van der Waals surface area contributed by atoms with Gasteiger partial charge in [0.1, 0.15) is 0 Å². The Morgan fingerprint density at radius 2 is 1.71 bits per heavy atom. The van der Waals surface area contributed by atoms with Crippen LogP contribution in [0, 0.1) is 5.92 Å². The molecule has 0 aliphatic carbocycles. The third-order valence-electron chi connectivity index (χ3n) is 4.09. The molecule has 2 fully saturated rings. The quantitative estimate of drug-likeness (QED) is 0.793. The first-order valence-electron chi connectivity index (χ1n) is 8.20. The second-order valence-electron chi connectivity index (χ2n) is 6.37. The molecule has 2 amide bonds. The van der Waals surface area contributed by atoms with Crippen molar-refractivity contribution < 1.29 is 9.53 Å². The standard InChI is InChI=1S/C15H30N4O2/c1-14(2)13-18-5-7-19(8-6-18)15(20)16-3-4-17-9-11-21-12-10-17/h14H,3-13H2,1-2H3,(H,16,20). The Kier molecular flexibility index (Phi) is 6.73. The maximum atomic E-state index is 12.1. The first-order valence-corrected chi connectivity index (χ1v) is 8.20. The number of carbonyl (C=O) groups excluding carboxylic acids is 1. The van der Waals surface area contributed by atoms with Crippen LogP contribution in [0.1, 0.15) is 13.8 Å². The predicted molar refractivity (Wildman–Crippen MR) is 83.5 cm³/mol. The summed E-state index contributed by atoms with van der Waals surface area (Å²) >= 11 is 0. The SMILES string of the molecule is CC(C)CN1CCN(C(=O)NCCN2CCOCC2)CC1. The van der Waals surface area contributed by atoms with E-state index in [-0.39, 0.29) is 6.03 Å². The van der Waals surface area contributed by atoms with Gasteiger partial charge < -0.3 is 15.0 Å². The van der Waals surface area contributed by atoms with Crippen LogP contribution in [0.2, 0.25) is 0 Å². The van der Waals surface area contributed by atoms with E-state index in [9.17, 15) is 4.79 Å². The minimum atomic E-state index is 0.0902. The fraction of sp³-hybridized carbons (Fsp3) is 0.933. The van der Waals surface area contributed by atoms with Gasteiger partial charge in [0.15, 0.2) is 0 Å². The van der Waals surface area contributed by atoms with E-state index >= 15 is 0 Å². The summed E-state index contributed by atoms with van der Waals surface area (Å²) in [6.07, 6.45) is 0. The van der Waals surface area contributed by atoms with E-state index in [1.54, 1.807) is 0 Å². The van der Waals surface area contributed by atoms with E-state index in [1.165, 1.54) is 0 Å². The van der Waals surface area contributed by atoms with Gasteiger partial charge in [0.2, 0.25) is 0 Å². The predicted octanol–water partition coefficient (Wildman–Crippen LogP) is 0.302. The highest BCUT2D eigenvalue weighted by atomic mass is 16.5. The van der Waals surface area contributed by atoms with Crippen LogP contribution in [0.3, 0.4) is 0 Å². The molecule has 0 bridgehead atoms. The average molecular weight is 298 g/mol. The highest BCUT2D eigenvalue weighted by Crippen LogP contribution is 2.05. The minimum absolute atomic E-state index is 0.0902. The highest BCUT2D eigenvalue weighted by molar-refractivity contribution is 5.74. The molecule has 21 heavy (non-hydrogen) atoms. The van der Waals surface area contributed by atoms with Gasteiger partial charge in [-0.1, -0.05) is 13.8 Å². The first-order chi connectivity index (χ1) is 10.1. The molecule has 2 heterocycles. The van der Waals surface area contributed by atoms with Crippen molar-refractivity contribution >= 4 is 6.03 Å². The molecule has 0 aromatic carbocycles. The fourth-order valence-corrected chi connectivity index (χ4v) is 2.91. The molecule has 0 unspecified atom stereocenters. The van der Waals surface area contributed by atoms with Gasteiger partial charge in [0, 0.05) is 58.9 Å². The topological polar surface area (TPSA) is 48.0 Å². The van der Waals surface area contributed by atoms with Gasteiger partial charge in [-0.2, -0.15) is 0 Å². The van der Waals surface area contributed by atoms with Crippen LogP contribution in [0.4, 0.5) is 4.79 Å². The molecule has 2 rings (SSSR count). The van der Waals surface area contributed by atoms with Crippen LogP contribution in [-0.4, -0.2) is 92.8 Å². The van der Waals surface area contributed by atoms with E-state index in [4.69, 9.17) is 4.74 Å². The summed E-state index contributed by atoms with van der Waals surface area (Å²) < 4.78 is 5.32. The third-order valence-corrected chi connectivity index (χ3v) is 4.09. The summed E-state index contributed by atoms with van der Waals surface area (Å²) in [6, 6.07) is 0.0902. The maximum Gasteiger partial charge on any atom is 0.317 e. The van der Waals surface area contributed by atoms with Gasteiger partial charge in [-0.15, -0.1) is 0 Å². The number of urea groups is 1. The van der Waals surface area contributed by atoms with Crippen molar-refractivity contribution in [1.82, 2.24) is 20.0 Å². The maximum absolute atomic E-state index is 12.1. The van der Waals surface area contributed by atoms with Gasteiger partial charge in [-0.05, 0) is 5.92 Å². The summed E-state index contributed by atoms with van der Waals surface area (Å²) in [7, 11) is 0. The molecule has 6 nitrogen and oxygen atoms in total. The molecule has 122 valence electrons. The monoisotopic (exact) mass is 298 g/mol. The Morgan fingerprint density at radius 1 is 1.05 bits per heavy atom. The van der Waals surface area contributed by atoms with Crippen LogP contribution in [0.5, 0.6) is 0 Å². The van der Waals surface area contributed by atoms with Crippen LogP contribution in [-0.2, 0) is 4.74 Å². The lowest BCUT2D eigenvalue weighted by Gasteiger charge is -2.35. The van der Waals surface area contributed by atoms with E-state index in [2.05, 4.69) is 29.0 Å². The number of amides is 2. The van der Waals surface area contributed by atoms with Crippen molar-refractivity contribution in [3.05, 3.63) is 0 Å². The smallest absolute Gasteiger partial charge is 0.317 e. The molecule has 0 spiro atoms. The Labute approximate surface area is 128 Å². The zero-order chi connectivity index (χ0) is 15.1. The number of carbonyl (C=O) groups is 1. The van der Waals surface area contributed by atoms with Gasteiger partial charge in [-0.3, -0.25) is 9.80 Å². The number of ether oxygens (including phenoxy) is 1. The zero-order valence-corrected chi connectivity index (χ0v) is 13.5. The molecule has 0 radical (unpaired) electrons. The molecule has 1 N–H and O–H groups in total. The number of nitrogens with one attached hydrogen (secondary N) is 1. The lowest BCUT2D eigenvalue weighted by molar-refractivity contribution is 0.0385. The second-order valence-corrected chi connectivity index (χ2v) is 6.37. The number of rotatable bonds is 5. The molecule has 2 saturated heterocycles. The molecule has 2 aliphatic heterocycles. The molecule has 0 atom stereocenters. The molecular weight excluding hydrogens is 268 g/mol. The van der Waals surface area contributed by atoms with Crippen LogP contribution in [0.25, 0.3) is 0 Å². The van der Waals surface area contributed by atoms with Crippen molar-refractivity contribution in [3.8, 4) is 0 Å². The Morgan fingerprint density at radius 3 is 2.33 bits per heavy atom. The number of nitrogens with zero attached hydrogens (tertiary/aromatic N) is 3. The van der Waals surface area contributed by atoms with Crippen LogP contribution in [0.15, 0.2) is 0 Å². The first kappa shape index (κ1) is 16.5. The van der Waals surface area contributed by atoms with Crippen molar-refractivity contribution in [2.45, 2.75) is 13.8 Å². The number of hydrogen-bond donors (Lipinski definition) is 1. The summed E-state index contributed by atoms with van der Waals surface area (Å²) in [5, 5.41) is 3.04. The summed E-state index contributed by atoms with van der Waals surface area (Å²) in [4.78, 5) is 18.8. The van der Waals surface area contributed by atoms with Crippen LogP contribution < -0.4 is 5.32 Å². The Balaban J connectivity index is 1.58. The van der Waals surface area contributed by atoms with Gasteiger partial charge in [0.05, 0.1) is 13.2 Å². The normalized spacial score (nSPS) is 21.8. The minimum Gasteiger partial charge on any atom is -0.379 e. The van der Waals surface area contributed by atoms with Gasteiger partial charge in [0.25, 0.3) is 0 Å². The van der Waals surface area contributed by atoms with Crippen LogP contribution >= 0.6 is 0 Å². The average Bonchev–Trinajstić information content (AvgIpc) is 2.48. The van der Waals surface area contributed by atoms with Crippen molar-refractivity contribution in [3.63, 3.8) is 0 Å². The van der Waals surface area contributed by atoms with E-state index in [0.717, 1.165) is 72.1 Å². The highest BCUT2D eigenvalue weighted by Gasteiger charge is 2.21. The van der Waals surface area contributed by atoms with Gasteiger partial charge in [-0.25, -0.2) is 4.79 Å². The molecule has 2 aliphatic rings. The van der Waals surface area contributed by atoms with Crippen molar-refractivity contribution in [2.75, 3.05) is 72.1 Å². The number of hydrogen-bond acceptors (Lipinski definition) is 4. The van der Waals surface area contributed by atoms with Crippen molar-refractivity contribution in [2.24, 2.45) is 5.92 Å². The molecule has 6 heteroatoms. The Hall–Kier alpha value is -0.850. The molecular formula is C15H30N4O2. The number of piperazine rings is 1. The van der Waals surface area contributed by atoms with Crippen molar-refractivity contribution in [1.29, 1.82) is 0 Å². The van der Waals surface area contributed by atoms with E-state index in [0.29, 0.717) is 5.92 Å². The van der Waals surface area contributed by atoms with E-state index in [1.807, 2.05) is 4.90 Å². The lowest BCUT2D eigenvalue weighted by Crippen LogP contribution is -2.53.